The first-order chi connectivity index (χ1) is 11.9. The Morgan fingerprint density at radius 2 is 2.00 bits per heavy atom. The van der Waals surface area contributed by atoms with Crippen LogP contribution < -0.4 is 15.0 Å². The van der Waals surface area contributed by atoms with Crippen molar-refractivity contribution >= 4 is 29.1 Å². The summed E-state index contributed by atoms with van der Waals surface area (Å²) in [6, 6.07) is 5.05. The van der Waals surface area contributed by atoms with E-state index in [1.54, 1.807) is 18.2 Å². The van der Waals surface area contributed by atoms with Crippen LogP contribution in [0.5, 0.6) is 5.75 Å². The van der Waals surface area contributed by atoms with Crippen LogP contribution in [-0.4, -0.2) is 57.1 Å². The number of anilines is 1. The van der Waals surface area contributed by atoms with Gasteiger partial charge in [0.2, 0.25) is 0 Å². The summed E-state index contributed by atoms with van der Waals surface area (Å²) >= 11 is 5.97. The molecule has 25 heavy (non-hydrogen) atoms. The number of ether oxygens (including phenoxy) is 1. The first-order valence-corrected chi connectivity index (χ1v) is 8.99. The first kappa shape index (κ1) is 19.5. The lowest BCUT2D eigenvalue weighted by atomic mass is 9.99. The summed E-state index contributed by atoms with van der Waals surface area (Å²) in [6.07, 6.45) is 2.11. The molecule has 2 amide bonds. The van der Waals surface area contributed by atoms with Crippen LogP contribution in [0.2, 0.25) is 5.02 Å². The van der Waals surface area contributed by atoms with Crippen LogP contribution in [0.25, 0.3) is 0 Å². The molecular weight excluding hydrogens is 342 g/mol. The molecule has 0 aromatic heterocycles. The van der Waals surface area contributed by atoms with E-state index < -0.39 is 0 Å². The average molecular weight is 369 g/mol. The van der Waals surface area contributed by atoms with E-state index in [4.69, 9.17) is 16.3 Å². The molecule has 1 heterocycles. The van der Waals surface area contributed by atoms with Crippen molar-refractivity contribution in [2.45, 2.75) is 19.8 Å². The van der Waals surface area contributed by atoms with Gasteiger partial charge in [0.1, 0.15) is 5.75 Å². The third-order valence-electron chi connectivity index (χ3n) is 4.49. The van der Waals surface area contributed by atoms with Gasteiger partial charge in [0.05, 0.1) is 19.8 Å². The maximum absolute atomic E-state index is 12.3. The number of quaternary nitrogens is 1. The summed E-state index contributed by atoms with van der Waals surface area (Å²) in [5.41, 5.74) is 0.532. The van der Waals surface area contributed by atoms with E-state index >= 15 is 0 Å². The van der Waals surface area contributed by atoms with Gasteiger partial charge in [0.25, 0.3) is 11.8 Å². The molecule has 2 N–H and O–H groups in total. The summed E-state index contributed by atoms with van der Waals surface area (Å²) < 4.78 is 5.22. The minimum absolute atomic E-state index is 0.109. The SMILES string of the molecule is COc1ccc(Cl)cc1NC(=O)C[NH+](C)CC(=O)N1CCC(C)CC1. The van der Waals surface area contributed by atoms with E-state index in [1.165, 1.54) is 7.11 Å². The summed E-state index contributed by atoms with van der Waals surface area (Å²) in [5, 5.41) is 3.32. The number of hydrogen-bond acceptors (Lipinski definition) is 3. The van der Waals surface area contributed by atoms with E-state index in [0.29, 0.717) is 28.9 Å². The molecule has 0 aliphatic carbocycles. The van der Waals surface area contributed by atoms with Gasteiger partial charge in [-0.2, -0.15) is 0 Å². The molecule has 138 valence electrons. The molecule has 1 aliphatic rings. The standard InChI is InChI=1S/C18H26ClN3O3/c1-13-6-8-22(9-7-13)18(24)12-21(2)11-17(23)20-15-10-14(19)4-5-16(15)25-3/h4-5,10,13H,6-9,11-12H2,1-3H3,(H,20,23)/p+1. The Morgan fingerprint density at radius 1 is 1.32 bits per heavy atom. The average Bonchev–Trinajstić information content (AvgIpc) is 2.55. The van der Waals surface area contributed by atoms with Crippen LogP contribution >= 0.6 is 11.6 Å². The Bertz CT molecular complexity index is 616. The highest BCUT2D eigenvalue weighted by atomic mass is 35.5. The molecule has 1 fully saturated rings. The lowest BCUT2D eigenvalue weighted by Crippen LogP contribution is -3.11. The fourth-order valence-electron chi connectivity index (χ4n) is 2.94. The van der Waals surface area contributed by atoms with Gasteiger partial charge in [0, 0.05) is 18.1 Å². The number of rotatable bonds is 6. The Morgan fingerprint density at radius 3 is 2.64 bits per heavy atom. The van der Waals surface area contributed by atoms with E-state index in [0.717, 1.165) is 30.8 Å². The van der Waals surface area contributed by atoms with Crippen molar-refractivity contribution in [3.63, 3.8) is 0 Å². The zero-order valence-corrected chi connectivity index (χ0v) is 15.9. The number of amides is 2. The second-order valence-electron chi connectivity index (χ2n) is 6.77. The molecule has 0 saturated carbocycles. The third kappa shape index (κ3) is 5.90. The maximum atomic E-state index is 12.3. The molecule has 1 aromatic rings. The normalized spacial score (nSPS) is 16.4. The van der Waals surface area contributed by atoms with Gasteiger partial charge in [0.15, 0.2) is 13.1 Å². The van der Waals surface area contributed by atoms with Crippen LogP contribution in [0.4, 0.5) is 5.69 Å². The Hall–Kier alpha value is -1.79. The smallest absolute Gasteiger partial charge is 0.279 e. The van der Waals surface area contributed by atoms with E-state index in [1.807, 2.05) is 11.9 Å². The van der Waals surface area contributed by atoms with Crippen LogP contribution in [0, 0.1) is 5.92 Å². The van der Waals surface area contributed by atoms with Gasteiger partial charge in [-0.05, 0) is 37.0 Å². The lowest BCUT2D eigenvalue weighted by Gasteiger charge is -2.30. The summed E-state index contributed by atoms with van der Waals surface area (Å²) in [7, 11) is 3.38. The minimum Gasteiger partial charge on any atom is -0.495 e. The number of carbonyl (C=O) groups is 2. The second kappa shape index (κ2) is 9.06. The largest absolute Gasteiger partial charge is 0.495 e. The first-order valence-electron chi connectivity index (χ1n) is 8.61. The zero-order chi connectivity index (χ0) is 18.4. The Kier molecular flexibility index (Phi) is 7.08. The number of halogens is 1. The van der Waals surface area contributed by atoms with Crippen molar-refractivity contribution in [3.8, 4) is 5.75 Å². The van der Waals surface area contributed by atoms with Crippen molar-refractivity contribution in [2.24, 2.45) is 5.92 Å². The van der Waals surface area contributed by atoms with Crippen molar-refractivity contribution < 1.29 is 19.2 Å². The molecule has 1 aromatic carbocycles. The van der Waals surface area contributed by atoms with Gasteiger partial charge in [-0.3, -0.25) is 9.59 Å². The number of likely N-dealkylation sites (tertiary alicyclic amines) is 1. The number of hydrogen-bond donors (Lipinski definition) is 2. The molecule has 6 nitrogen and oxygen atoms in total. The lowest BCUT2D eigenvalue weighted by molar-refractivity contribution is -0.862. The van der Waals surface area contributed by atoms with Crippen molar-refractivity contribution in [3.05, 3.63) is 23.2 Å². The van der Waals surface area contributed by atoms with Gasteiger partial charge in [-0.25, -0.2) is 0 Å². The van der Waals surface area contributed by atoms with Gasteiger partial charge < -0.3 is 19.9 Å². The minimum atomic E-state index is -0.182. The molecule has 1 aliphatic heterocycles. The zero-order valence-electron chi connectivity index (χ0n) is 15.1. The number of benzene rings is 1. The quantitative estimate of drug-likeness (QED) is 0.789. The fourth-order valence-corrected chi connectivity index (χ4v) is 3.11. The topological polar surface area (TPSA) is 63.1 Å². The van der Waals surface area contributed by atoms with E-state index in [2.05, 4.69) is 12.2 Å². The monoisotopic (exact) mass is 368 g/mol. The predicted octanol–water partition coefficient (Wildman–Crippen LogP) is 1.06. The van der Waals surface area contributed by atoms with Gasteiger partial charge >= 0.3 is 0 Å². The summed E-state index contributed by atoms with van der Waals surface area (Å²) in [4.78, 5) is 27.3. The molecule has 1 atom stereocenters. The highest BCUT2D eigenvalue weighted by Crippen LogP contribution is 2.27. The highest BCUT2D eigenvalue weighted by molar-refractivity contribution is 6.31. The molecule has 0 bridgehead atoms. The molecule has 0 radical (unpaired) electrons. The number of carbonyl (C=O) groups excluding carboxylic acids is 2. The number of methoxy groups -OCH3 is 1. The molecular formula is C18H27ClN3O3+. The molecule has 2 rings (SSSR count). The predicted molar refractivity (Wildman–Crippen MR) is 98.2 cm³/mol. The highest BCUT2D eigenvalue weighted by Gasteiger charge is 2.23. The second-order valence-corrected chi connectivity index (χ2v) is 7.20. The van der Waals surface area contributed by atoms with Crippen LogP contribution in [-0.2, 0) is 9.59 Å². The van der Waals surface area contributed by atoms with Crippen molar-refractivity contribution in [1.29, 1.82) is 0 Å². The van der Waals surface area contributed by atoms with Gasteiger partial charge in [-0.15, -0.1) is 0 Å². The maximum Gasteiger partial charge on any atom is 0.279 e. The van der Waals surface area contributed by atoms with E-state index in [-0.39, 0.29) is 18.4 Å². The molecule has 0 spiro atoms. The number of piperidine rings is 1. The number of nitrogens with one attached hydrogen (secondary N) is 2. The molecule has 7 heteroatoms. The van der Waals surface area contributed by atoms with Crippen LogP contribution in [0.1, 0.15) is 19.8 Å². The van der Waals surface area contributed by atoms with Crippen molar-refractivity contribution in [1.82, 2.24) is 4.90 Å². The van der Waals surface area contributed by atoms with Crippen molar-refractivity contribution in [2.75, 3.05) is 45.7 Å². The Labute approximate surface area is 154 Å². The Balaban J connectivity index is 1.84. The third-order valence-corrected chi connectivity index (χ3v) is 4.72. The van der Waals surface area contributed by atoms with Gasteiger partial charge in [-0.1, -0.05) is 18.5 Å². The van der Waals surface area contributed by atoms with Crippen LogP contribution in [0.15, 0.2) is 18.2 Å². The molecule has 1 saturated heterocycles. The fraction of sp³-hybridized carbons (Fsp3) is 0.556. The summed E-state index contributed by atoms with van der Waals surface area (Å²) in [5.74, 6) is 1.16. The molecule has 1 unspecified atom stereocenters. The number of likely N-dealkylation sites (N-methyl/N-ethyl adjacent to an activating group) is 1. The van der Waals surface area contributed by atoms with Crippen LogP contribution in [0.3, 0.4) is 0 Å². The summed E-state index contributed by atoms with van der Waals surface area (Å²) in [6.45, 7) is 4.37. The van der Waals surface area contributed by atoms with E-state index in [9.17, 15) is 9.59 Å². The number of nitrogens with zero attached hydrogens (tertiary/aromatic N) is 1.